The summed E-state index contributed by atoms with van der Waals surface area (Å²) in [7, 11) is -2.41. The predicted octanol–water partition coefficient (Wildman–Crippen LogP) is 1.92. The zero-order valence-corrected chi connectivity index (χ0v) is 12.7. The molecule has 0 spiro atoms. The molecule has 1 aromatic heterocycles. The van der Waals surface area contributed by atoms with Gasteiger partial charge in [-0.1, -0.05) is 13.3 Å². The van der Waals surface area contributed by atoms with Crippen molar-refractivity contribution in [2.45, 2.75) is 37.6 Å². The van der Waals surface area contributed by atoms with Gasteiger partial charge in [0.25, 0.3) is 0 Å². The third-order valence-corrected chi connectivity index (χ3v) is 6.19. The molecule has 0 bridgehead atoms. The summed E-state index contributed by atoms with van der Waals surface area (Å²) < 4.78 is 32.0. The van der Waals surface area contributed by atoms with Gasteiger partial charge in [0.15, 0.2) is 0 Å². The molecule has 1 fully saturated rings. The summed E-state index contributed by atoms with van der Waals surface area (Å²) in [6.45, 7) is 3.72. The van der Waals surface area contributed by atoms with Gasteiger partial charge in [-0.15, -0.1) is 11.3 Å². The van der Waals surface area contributed by atoms with E-state index in [1.807, 2.05) is 6.92 Å². The van der Waals surface area contributed by atoms with Gasteiger partial charge in [-0.25, -0.2) is 17.9 Å². The summed E-state index contributed by atoms with van der Waals surface area (Å²) in [4.78, 5) is 11.8. The maximum absolute atomic E-state index is 12.4. The van der Waals surface area contributed by atoms with E-state index in [1.165, 1.54) is 7.11 Å². The van der Waals surface area contributed by atoms with Gasteiger partial charge >= 0.3 is 5.97 Å². The molecule has 2 rings (SSSR count). The van der Waals surface area contributed by atoms with E-state index >= 15 is 0 Å². The molecule has 2 atom stereocenters. The van der Waals surface area contributed by atoms with Crippen molar-refractivity contribution in [3.05, 3.63) is 15.8 Å². The maximum atomic E-state index is 12.4. The van der Waals surface area contributed by atoms with Crippen LogP contribution in [0.1, 0.15) is 35.0 Å². The molecule has 0 aliphatic heterocycles. The number of esters is 1. The normalized spacial score (nSPS) is 22.3. The van der Waals surface area contributed by atoms with E-state index in [-0.39, 0.29) is 15.8 Å². The van der Waals surface area contributed by atoms with Crippen LogP contribution in [-0.4, -0.2) is 27.5 Å². The lowest BCUT2D eigenvalue weighted by atomic mass is 10.3. The molecular formula is C12H17NO4S2. The van der Waals surface area contributed by atoms with E-state index in [1.54, 1.807) is 12.3 Å². The Bertz CT molecular complexity index is 591. The van der Waals surface area contributed by atoms with Crippen LogP contribution in [0.3, 0.4) is 0 Å². The van der Waals surface area contributed by atoms with Crippen molar-refractivity contribution < 1.29 is 17.9 Å². The van der Waals surface area contributed by atoms with E-state index in [0.717, 1.165) is 24.2 Å². The van der Waals surface area contributed by atoms with Crippen LogP contribution in [0.5, 0.6) is 0 Å². The molecule has 5 nitrogen and oxygen atoms in total. The number of methoxy groups -OCH3 is 1. The molecule has 106 valence electrons. The summed E-state index contributed by atoms with van der Waals surface area (Å²) in [6, 6.07) is -0.000188. The van der Waals surface area contributed by atoms with Crippen molar-refractivity contribution in [1.82, 2.24) is 4.72 Å². The van der Waals surface area contributed by atoms with Gasteiger partial charge in [0.05, 0.1) is 7.11 Å². The third-order valence-electron chi connectivity index (χ3n) is 3.31. The Morgan fingerprint density at radius 3 is 2.79 bits per heavy atom. The van der Waals surface area contributed by atoms with Gasteiger partial charge < -0.3 is 4.74 Å². The van der Waals surface area contributed by atoms with Crippen LogP contribution in [0, 0.1) is 12.8 Å². The minimum absolute atomic E-state index is 0.000188. The summed E-state index contributed by atoms with van der Waals surface area (Å²) in [5.74, 6) is -0.198. The third kappa shape index (κ3) is 2.82. The van der Waals surface area contributed by atoms with Gasteiger partial charge in [0, 0.05) is 6.04 Å². The Labute approximate surface area is 117 Å². The molecule has 1 heterocycles. The Balaban J connectivity index is 2.30. The lowest BCUT2D eigenvalue weighted by molar-refractivity contribution is 0.0602. The standard InChI is InChI=1S/C12H17NO4S2/c1-4-8-5-9(8)13-19(15,16)11-7(2)6-18-10(11)12(14)17-3/h6,8-9,13H,4-5H2,1-3H3. The molecule has 1 N–H and O–H groups in total. The van der Waals surface area contributed by atoms with Gasteiger partial charge in [0.1, 0.15) is 9.77 Å². The van der Waals surface area contributed by atoms with Crippen molar-refractivity contribution in [3.63, 3.8) is 0 Å². The van der Waals surface area contributed by atoms with Crippen LogP contribution in [0.2, 0.25) is 0 Å². The quantitative estimate of drug-likeness (QED) is 0.844. The fourth-order valence-corrected chi connectivity index (χ4v) is 5.13. The van der Waals surface area contributed by atoms with Gasteiger partial charge in [-0.2, -0.15) is 0 Å². The molecule has 0 aromatic carbocycles. The van der Waals surface area contributed by atoms with E-state index < -0.39 is 16.0 Å². The average molecular weight is 303 g/mol. The Kier molecular flexibility index (Phi) is 3.98. The smallest absolute Gasteiger partial charge is 0.349 e. The molecule has 19 heavy (non-hydrogen) atoms. The van der Waals surface area contributed by atoms with Crippen LogP contribution >= 0.6 is 11.3 Å². The minimum atomic E-state index is -3.65. The van der Waals surface area contributed by atoms with Crippen LogP contribution in [0.4, 0.5) is 0 Å². The first kappa shape index (κ1) is 14.5. The van der Waals surface area contributed by atoms with Crippen molar-refractivity contribution in [2.75, 3.05) is 7.11 Å². The maximum Gasteiger partial charge on any atom is 0.349 e. The van der Waals surface area contributed by atoms with E-state index in [9.17, 15) is 13.2 Å². The van der Waals surface area contributed by atoms with Crippen LogP contribution in [0.25, 0.3) is 0 Å². The Morgan fingerprint density at radius 2 is 2.26 bits per heavy atom. The monoisotopic (exact) mass is 303 g/mol. The minimum Gasteiger partial charge on any atom is -0.465 e. The zero-order valence-electron chi connectivity index (χ0n) is 11.1. The largest absolute Gasteiger partial charge is 0.465 e. The van der Waals surface area contributed by atoms with Gasteiger partial charge in [-0.05, 0) is 30.2 Å². The highest BCUT2D eigenvalue weighted by molar-refractivity contribution is 7.89. The number of rotatable bonds is 5. The number of hydrogen-bond acceptors (Lipinski definition) is 5. The molecule has 0 amide bonds. The first-order valence-electron chi connectivity index (χ1n) is 6.09. The number of aryl methyl sites for hydroxylation is 1. The summed E-state index contributed by atoms with van der Waals surface area (Å²) in [5, 5.41) is 1.66. The molecule has 0 radical (unpaired) electrons. The predicted molar refractivity (Wildman–Crippen MR) is 72.9 cm³/mol. The van der Waals surface area contributed by atoms with Crippen LogP contribution < -0.4 is 4.72 Å². The highest BCUT2D eigenvalue weighted by Crippen LogP contribution is 2.36. The summed E-state index contributed by atoms with van der Waals surface area (Å²) in [5.41, 5.74) is 0.576. The second-order valence-electron chi connectivity index (χ2n) is 4.70. The van der Waals surface area contributed by atoms with Crippen LogP contribution in [0.15, 0.2) is 10.3 Å². The Morgan fingerprint density at radius 1 is 1.58 bits per heavy atom. The van der Waals surface area contributed by atoms with E-state index in [0.29, 0.717) is 11.5 Å². The second-order valence-corrected chi connectivity index (χ2v) is 7.23. The lowest BCUT2D eigenvalue weighted by Crippen LogP contribution is -2.28. The first-order chi connectivity index (χ1) is 8.90. The molecule has 1 aliphatic carbocycles. The highest BCUT2D eigenvalue weighted by Gasteiger charge is 2.40. The number of ether oxygens (including phenoxy) is 1. The van der Waals surface area contributed by atoms with E-state index in [4.69, 9.17) is 0 Å². The molecule has 1 saturated carbocycles. The van der Waals surface area contributed by atoms with Crippen molar-refractivity contribution in [1.29, 1.82) is 0 Å². The van der Waals surface area contributed by atoms with Crippen LogP contribution in [-0.2, 0) is 14.8 Å². The SMILES string of the molecule is CCC1CC1NS(=O)(=O)c1c(C)csc1C(=O)OC. The summed E-state index contributed by atoms with van der Waals surface area (Å²) in [6.07, 6.45) is 1.83. The molecule has 1 aromatic rings. The van der Waals surface area contributed by atoms with Crippen molar-refractivity contribution in [2.24, 2.45) is 5.92 Å². The molecule has 1 aliphatic rings. The van der Waals surface area contributed by atoms with Crippen molar-refractivity contribution >= 4 is 27.3 Å². The molecule has 0 saturated heterocycles. The first-order valence-corrected chi connectivity index (χ1v) is 8.45. The second kappa shape index (κ2) is 5.22. The number of thiophene rings is 1. The molecule has 7 heteroatoms. The van der Waals surface area contributed by atoms with Crippen molar-refractivity contribution in [3.8, 4) is 0 Å². The fourth-order valence-electron chi connectivity index (χ4n) is 2.10. The number of carbonyl (C=O) groups excluding carboxylic acids is 1. The number of nitrogens with one attached hydrogen (secondary N) is 1. The van der Waals surface area contributed by atoms with Gasteiger partial charge in [0.2, 0.25) is 10.0 Å². The topological polar surface area (TPSA) is 72.5 Å². The average Bonchev–Trinajstić information content (AvgIpc) is 2.97. The van der Waals surface area contributed by atoms with E-state index in [2.05, 4.69) is 9.46 Å². The fraction of sp³-hybridized carbons (Fsp3) is 0.583. The lowest BCUT2D eigenvalue weighted by Gasteiger charge is -2.08. The zero-order chi connectivity index (χ0) is 14.2. The number of carbonyl (C=O) groups is 1. The van der Waals surface area contributed by atoms with Gasteiger partial charge in [-0.3, -0.25) is 0 Å². The molecular weight excluding hydrogens is 286 g/mol. The molecule has 2 unspecified atom stereocenters. The number of hydrogen-bond donors (Lipinski definition) is 1. The number of sulfonamides is 1. The summed E-state index contributed by atoms with van der Waals surface area (Å²) >= 11 is 1.10. The Hall–Kier alpha value is -0.920. The highest BCUT2D eigenvalue weighted by atomic mass is 32.2.